The van der Waals surface area contributed by atoms with Gasteiger partial charge >= 0.3 is 0 Å². The van der Waals surface area contributed by atoms with Crippen molar-refractivity contribution in [3.05, 3.63) is 70.8 Å². The minimum absolute atomic E-state index is 0.201. The zero-order valence-electron chi connectivity index (χ0n) is 12.4. The molecule has 0 radical (unpaired) electrons. The number of aryl methyl sites for hydroxylation is 1. The Balaban J connectivity index is 1.90. The molecule has 1 atom stereocenters. The molecule has 3 aromatic rings. The molecule has 0 fully saturated rings. The molecule has 0 saturated heterocycles. The number of aliphatic hydroxyl groups excluding tert-OH is 1. The third-order valence-corrected chi connectivity index (χ3v) is 4.00. The number of hydrogen-bond donors (Lipinski definition) is 1. The van der Waals surface area contributed by atoms with Gasteiger partial charge < -0.3 is 5.11 Å². The third-order valence-electron chi connectivity index (χ3n) is 3.67. The van der Waals surface area contributed by atoms with Gasteiger partial charge in [0.2, 0.25) is 0 Å². The van der Waals surface area contributed by atoms with Crippen LogP contribution in [0.3, 0.4) is 0 Å². The molecule has 1 heterocycles. The summed E-state index contributed by atoms with van der Waals surface area (Å²) >= 11 is 6.20. The zero-order valence-corrected chi connectivity index (χ0v) is 13.2. The minimum atomic E-state index is -0.821. The van der Waals surface area contributed by atoms with Gasteiger partial charge in [-0.25, -0.2) is 14.1 Å². The molecule has 1 N–H and O–H groups in total. The van der Waals surface area contributed by atoms with Gasteiger partial charge in [0.25, 0.3) is 0 Å². The molecule has 2 aromatic carbocycles. The van der Waals surface area contributed by atoms with Crippen LogP contribution in [-0.4, -0.2) is 19.9 Å². The van der Waals surface area contributed by atoms with E-state index in [0.717, 1.165) is 5.56 Å². The number of nitrogens with zero attached hydrogens (tertiary/aromatic N) is 3. The first kappa shape index (κ1) is 15.6. The van der Waals surface area contributed by atoms with Crippen molar-refractivity contribution in [3.8, 4) is 11.4 Å². The summed E-state index contributed by atoms with van der Waals surface area (Å²) in [7, 11) is 0. The fraction of sp³-hybridized carbons (Fsp3) is 0.176. The molecule has 0 aliphatic carbocycles. The standard InChI is InChI=1S/C17H15ClFN3O/c1-11-8-12(19)6-7-13(11)16(23)9-22-17(20-10-21-22)14-4-2-3-5-15(14)18/h2-8,10,16,23H,9H2,1H3. The van der Waals surface area contributed by atoms with Crippen molar-refractivity contribution in [1.82, 2.24) is 14.8 Å². The van der Waals surface area contributed by atoms with Crippen molar-refractivity contribution in [3.63, 3.8) is 0 Å². The topological polar surface area (TPSA) is 50.9 Å². The smallest absolute Gasteiger partial charge is 0.159 e. The number of aliphatic hydroxyl groups is 1. The van der Waals surface area contributed by atoms with Gasteiger partial charge in [0.1, 0.15) is 12.1 Å². The van der Waals surface area contributed by atoms with Gasteiger partial charge in [0.15, 0.2) is 5.82 Å². The van der Waals surface area contributed by atoms with Crippen LogP contribution in [0, 0.1) is 12.7 Å². The van der Waals surface area contributed by atoms with Crippen molar-refractivity contribution in [2.75, 3.05) is 0 Å². The van der Waals surface area contributed by atoms with E-state index in [1.165, 1.54) is 18.5 Å². The number of aromatic nitrogens is 3. The molecule has 0 amide bonds. The highest BCUT2D eigenvalue weighted by molar-refractivity contribution is 6.33. The Morgan fingerprint density at radius 2 is 2.04 bits per heavy atom. The molecule has 0 saturated carbocycles. The minimum Gasteiger partial charge on any atom is -0.386 e. The van der Waals surface area contributed by atoms with E-state index in [2.05, 4.69) is 10.1 Å². The van der Waals surface area contributed by atoms with Crippen LogP contribution < -0.4 is 0 Å². The van der Waals surface area contributed by atoms with Crippen molar-refractivity contribution in [1.29, 1.82) is 0 Å². The van der Waals surface area contributed by atoms with Crippen molar-refractivity contribution in [2.45, 2.75) is 19.6 Å². The lowest BCUT2D eigenvalue weighted by atomic mass is 10.0. The molecule has 1 aromatic heterocycles. The summed E-state index contributed by atoms with van der Waals surface area (Å²) in [5.74, 6) is 0.255. The summed E-state index contributed by atoms with van der Waals surface area (Å²) in [5, 5.41) is 15.2. The molecular weight excluding hydrogens is 317 g/mol. The Labute approximate surface area is 138 Å². The van der Waals surface area contributed by atoms with Crippen LogP contribution in [0.15, 0.2) is 48.8 Å². The summed E-state index contributed by atoms with van der Waals surface area (Å²) in [6, 6.07) is 11.6. The number of rotatable bonds is 4. The first-order valence-electron chi connectivity index (χ1n) is 7.13. The maximum absolute atomic E-state index is 13.2. The first-order chi connectivity index (χ1) is 11.1. The largest absolute Gasteiger partial charge is 0.386 e. The monoisotopic (exact) mass is 331 g/mol. The molecule has 118 valence electrons. The average molecular weight is 332 g/mol. The molecule has 3 rings (SSSR count). The second-order valence-corrected chi connectivity index (χ2v) is 5.67. The second kappa shape index (κ2) is 6.48. The molecule has 0 spiro atoms. The van der Waals surface area contributed by atoms with Crippen LogP contribution in [0.5, 0.6) is 0 Å². The van der Waals surface area contributed by atoms with E-state index in [4.69, 9.17) is 11.6 Å². The van der Waals surface area contributed by atoms with Crippen LogP contribution in [-0.2, 0) is 6.54 Å². The van der Waals surface area contributed by atoms with E-state index in [0.29, 0.717) is 22.0 Å². The Morgan fingerprint density at radius 3 is 2.78 bits per heavy atom. The molecular formula is C17H15ClFN3O. The SMILES string of the molecule is Cc1cc(F)ccc1C(O)Cn1ncnc1-c1ccccc1Cl. The highest BCUT2D eigenvalue weighted by Gasteiger charge is 2.16. The van der Waals surface area contributed by atoms with Gasteiger partial charge in [-0.15, -0.1) is 0 Å². The van der Waals surface area contributed by atoms with Gasteiger partial charge in [0, 0.05) is 5.56 Å². The third kappa shape index (κ3) is 3.25. The molecule has 0 aliphatic rings. The van der Waals surface area contributed by atoms with Crippen molar-refractivity contribution < 1.29 is 9.50 Å². The van der Waals surface area contributed by atoms with Crippen molar-refractivity contribution in [2.24, 2.45) is 0 Å². The van der Waals surface area contributed by atoms with E-state index < -0.39 is 6.10 Å². The molecule has 23 heavy (non-hydrogen) atoms. The summed E-state index contributed by atoms with van der Waals surface area (Å²) in [6.07, 6.45) is 0.599. The predicted octanol–water partition coefficient (Wildman–Crippen LogP) is 3.78. The first-order valence-corrected chi connectivity index (χ1v) is 7.51. The van der Waals surface area contributed by atoms with E-state index in [-0.39, 0.29) is 12.4 Å². The quantitative estimate of drug-likeness (QED) is 0.791. The zero-order chi connectivity index (χ0) is 16.4. The van der Waals surface area contributed by atoms with Gasteiger partial charge in [-0.05, 0) is 42.3 Å². The molecule has 4 nitrogen and oxygen atoms in total. The van der Waals surface area contributed by atoms with Crippen LogP contribution in [0.4, 0.5) is 4.39 Å². The highest BCUT2D eigenvalue weighted by Crippen LogP contribution is 2.27. The highest BCUT2D eigenvalue weighted by atomic mass is 35.5. The number of halogens is 2. The number of hydrogen-bond acceptors (Lipinski definition) is 3. The molecule has 6 heteroatoms. The summed E-state index contributed by atoms with van der Waals surface area (Å²) < 4.78 is 14.8. The Morgan fingerprint density at radius 1 is 1.26 bits per heavy atom. The van der Waals surface area contributed by atoms with Gasteiger partial charge in [-0.1, -0.05) is 29.8 Å². The molecule has 1 unspecified atom stereocenters. The van der Waals surface area contributed by atoms with Crippen LogP contribution >= 0.6 is 11.6 Å². The molecule has 0 bridgehead atoms. The van der Waals surface area contributed by atoms with Crippen LogP contribution in [0.25, 0.3) is 11.4 Å². The Bertz CT molecular complexity index is 834. The second-order valence-electron chi connectivity index (χ2n) is 5.26. The maximum Gasteiger partial charge on any atom is 0.159 e. The summed E-state index contributed by atoms with van der Waals surface area (Å²) in [4.78, 5) is 4.23. The normalized spacial score (nSPS) is 12.3. The van der Waals surface area contributed by atoms with E-state index in [9.17, 15) is 9.50 Å². The van der Waals surface area contributed by atoms with Gasteiger partial charge in [-0.3, -0.25) is 0 Å². The van der Waals surface area contributed by atoms with E-state index >= 15 is 0 Å². The average Bonchev–Trinajstić information content (AvgIpc) is 2.95. The van der Waals surface area contributed by atoms with Gasteiger partial charge in [0.05, 0.1) is 17.7 Å². The maximum atomic E-state index is 13.2. The number of benzene rings is 2. The van der Waals surface area contributed by atoms with Crippen LogP contribution in [0.1, 0.15) is 17.2 Å². The molecule has 0 aliphatic heterocycles. The predicted molar refractivity (Wildman–Crippen MR) is 86.6 cm³/mol. The Kier molecular flexibility index (Phi) is 4.41. The van der Waals surface area contributed by atoms with Crippen LogP contribution in [0.2, 0.25) is 5.02 Å². The lowest BCUT2D eigenvalue weighted by Crippen LogP contribution is -2.12. The van der Waals surface area contributed by atoms with E-state index in [1.807, 2.05) is 18.2 Å². The van der Waals surface area contributed by atoms with E-state index in [1.54, 1.807) is 23.7 Å². The lowest BCUT2D eigenvalue weighted by molar-refractivity contribution is 0.151. The fourth-order valence-corrected chi connectivity index (χ4v) is 2.74. The van der Waals surface area contributed by atoms with Gasteiger partial charge in [-0.2, -0.15) is 5.10 Å². The fourth-order valence-electron chi connectivity index (χ4n) is 2.52. The Hall–Kier alpha value is -2.24. The summed E-state index contributed by atoms with van der Waals surface area (Å²) in [6.45, 7) is 1.96. The lowest BCUT2D eigenvalue weighted by Gasteiger charge is -2.15. The summed E-state index contributed by atoms with van der Waals surface area (Å²) in [5.41, 5.74) is 2.10. The van der Waals surface area contributed by atoms with Crippen molar-refractivity contribution >= 4 is 11.6 Å².